The molecule has 28 heavy (non-hydrogen) atoms. The van der Waals surface area contributed by atoms with Gasteiger partial charge in [-0.05, 0) is 35.7 Å². The number of methoxy groups -OCH3 is 1. The number of nitrogens with one attached hydrogen (secondary N) is 1. The highest BCUT2D eigenvalue weighted by molar-refractivity contribution is 5.95. The van der Waals surface area contributed by atoms with Crippen LogP contribution in [0.15, 0.2) is 54.9 Å². The maximum atomic E-state index is 12.3. The van der Waals surface area contributed by atoms with Gasteiger partial charge in [0.2, 0.25) is 5.91 Å². The van der Waals surface area contributed by atoms with Crippen LogP contribution in [0.2, 0.25) is 0 Å². The van der Waals surface area contributed by atoms with Crippen molar-refractivity contribution in [1.82, 2.24) is 9.78 Å². The number of rotatable bonds is 6. The zero-order chi connectivity index (χ0) is 19.5. The smallest absolute Gasteiger partial charge is 0.225 e. The van der Waals surface area contributed by atoms with E-state index in [0.717, 1.165) is 28.1 Å². The summed E-state index contributed by atoms with van der Waals surface area (Å²) in [5.41, 5.74) is 5.07. The van der Waals surface area contributed by atoms with Crippen LogP contribution < -0.4 is 10.1 Å². The molecule has 0 saturated carbocycles. The first kappa shape index (κ1) is 18.3. The molecule has 4 rings (SSSR count). The van der Waals surface area contributed by atoms with Crippen LogP contribution >= 0.6 is 0 Å². The highest BCUT2D eigenvalue weighted by atomic mass is 16.5. The Hall–Kier alpha value is -3.12. The third-order valence-corrected chi connectivity index (χ3v) is 4.99. The normalized spacial score (nSPS) is 15.8. The fourth-order valence-electron chi connectivity index (χ4n) is 3.54. The van der Waals surface area contributed by atoms with E-state index in [1.807, 2.05) is 53.5 Å². The van der Waals surface area contributed by atoms with Crippen molar-refractivity contribution in [3.63, 3.8) is 0 Å². The standard InChI is InChI=1S/C22H23N3O3/c1-15-5-3-4-6-21(15)25-14-16(13-23-25)19-12-22(26)24-20-11-17(7-8-18(19)20)28-10-9-27-2/h3-8,11,13-14,19H,9-10,12H2,1-2H3,(H,24,26). The Balaban J connectivity index is 1.63. The molecule has 6 heteroatoms. The van der Waals surface area contributed by atoms with Gasteiger partial charge in [-0.2, -0.15) is 5.10 Å². The topological polar surface area (TPSA) is 65.4 Å². The minimum Gasteiger partial charge on any atom is -0.491 e. The molecule has 2 aromatic carbocycles. The SMILES string of the molecule is COCCOc1ccc2c(c1)NC(=O)CC2c1cnn(-c2ccccc2C)c1. The number of carbonyl (C=O) groups is 1. The largest absolute Gasteiger partial charge is 0.491 e. The molecular formula is C22H23N3O3. The number of para-hydroxylation sites is 1. The lowest BCUT2D eigenvalue weighted by atomic mass is 9.86. The van der Waals surface area contributed by atoms with Crippen LogP contribution in [0, 0.1) is 6.92 Å². The fraction of sp³-hybridized carbons (Fsp3) is 0.273. The molecule has 144 valence electrons. The molecule has 0 radical (unpaired) electrons. The number of nitrogens with zero attached hydrogens (tertiary/aromatic N) is 2. The highest BCUT2D eigenvalue weighted by Gasteiger charge is 2.28. The van der Waals surface area contributed by atoms with Crippen molar-refractivity contribution < 1.29 is 14.3 Å². The van der Waals surface area contributed by atoms with Crippen LogP contribution in [-0.2, 0) is 9.53 Å². The molecule has 0 saturated heterocycles. The Labute approximate surface area is 164 Å². The summed E-state index contributed by atoms with van der Waals surface area (Å²) in [6, 6.07) is 13.9. The maximum Gasteiger partial charge on any atom is 0.225 e. The average molecular weight is 377 g/mol. The van der Waals surface area contributed by atoms with Crippen LogP contribution in [0.3, 0.4) is 0 Å². The summed E-state index contributed by atoms with van der Waals surface area (Å²) >= 11 is 0. The van der Waals surface area contributed by atoms with Crippen LogP contribution in [0.25, 0.3) is 5.69 Å². The first-order chi connectivity index (χ1) is 13.7. The molecule has 0 aliphatic carbocycles. The summed E-state index contributed by atoms with van der Waals surface area (Å²) in [5, 5.41) is 7.49. The molecule has 6 nitrogen and oxygen atoms in total. The van der Waals surface area contributed by atoms with E-state index in [1.165, 1.54) is 0 Å². The zero-order valence-corrected chi connectivity index (χ0v) is 16.0. The lowest BCUT2D eigenvalue weighted by Crippen LogP contribution is -2.23. The second-order valence-electron chi connectivity index (χ2n) is 6.90. The van der Waals surface area contributed by atoms with Crippen molar-refractivity contribution >= 4 is 11.6 Å². The van der Waals surface area contributed by atoms with Crippen molar-refractivity contribution in [2.75, 3.05) is 25.6 Å². The van der Waals surface area contributed by atoms with Crippen molar-refractivity contribution in [3.05, 3.63) is 71.5 Å². The first-order valence-electron chi connectivity index (χ1n) is 9.32. The average Bonchev–Trinajstić information content (AvgIpc) is 3.17. The van der Waals surface area contributed by atoms with Gasteiger partial charge in [0, 0.05) is 37.4 Å². The molecule has 1 aliphatic heterocycles. The second kappa shape index (κ2) is 7.86. The van der Waals surface area contributed by atoms with Gasteiger partial charge < -0.3 is 14.8 Å². The number of fused-ring (bicyclic) bond motifs is 1. The molecule has 1 aliphatic rings. The van der Waals surface area contributed by atoms with Gasteiger partial charge in [0.25, 0.3) is 0 Å². The van der Waals surface area contributed by atoms with E-state index >= 15 is 0 Å². The van der Waals surface area contributed by atoms with E-state index in [9.17, 15) is 4.79 Å². The minimum absolute atomic E-state index is 0.00446. The molecular weight excluding hydrogens is 354 g/mol. The summed E-state index contributed by atoms with van der Waals surface area (Å²) in [6.45, 7) is 3.05. The number of amides is 1. The third kappa shape index (κ3) is 3.64. The molecule has 2 heterocycles. The zero-order valence-electron chi connectivity index (χ0n) is 16.0. The summed E-state index contributed by atoms with van der Waals surface area (Å²) < 4.78 is 12.6. The van der Waals surface area contributed by atoms with Crippen molar-refractivity contribution in [1.29, 1.82) is 0 Å². The highest BCUT2D eigenvalue weighted by Crippen LogP contribution is 2.38. The van der Waals surface area contributed by atoms with Crippen molar-refractivity contribution in [2.45, 2.75) is 19.3 Å². The predicted octanol–water partition coefficient (Wildman–Crippen LogP) is 3.68. The number of hydrogen-bond donors (Lipinski definition) is 1. The van der Waals surface area contributed by atoms with Gasteiger partial charge in [0.15, 0.2) is 0 Å². The van der Waals surface area contributed by atoms with Crippen LogP contribution in [-0.4, -0.2) is 36.0 Å². The number of aryl methyl sites for hydroxylation is 1. The van der Waals surface area contributed by atoms with Gasteiger partial charge in [-0.25, -0.2) is 4.68 Å². The molecule has 1 amide bonds. The van der Waals surface area contributed by atoms with Gasteiger partial charge >= 0.3 is 0 Å². The Morgan fingerprint density at radius 1 is 1.21 bits per heavy atom. The van der Waals surface area contributed by atoms with E-state index in [-0.39, 0.29) is 11.8 Å². The minimum atomic E-state index is -0.0328. The Bertz CT molecular complexity index is 996. The molecule has 0 spiro atoms. The van der Waals surface area contributed by atoms with Gasteiger partial charge in [0.05, 0.1) is 18.5 Å². The van der Waals surface area contributed by atoms with E-state index < -0.39 is 0 Å². The third-order valence-electron chi connectivity index (χ3n) is 4.99. The maximum absolute atomic E-state index is 12.3. The number of carbonyl (C=O) groups excluding carboxylic acids is 1. The molecule has 1 unspecified atom stereocenters. The van der Waals surface area contributed by atoms with Crippen LogP contribution in [0.4, 0.5) is 5.69 Å². The van der Waals surface area contributed by atoms with E-state index in [1.54, 1.807) is 7.11 Å². The molecule has 1 atom stereocenters. The van der Waals surface area contributed by atoms with E-state index in [2.05, 4.69) is 23.4 Å². The number of aromatic nitrogens is 2. The quantitative estimate of drug-likeness (QED) is 0.666. The van der Waals surface area contributed by atoms with E-state index in [0.29, 0.717) is 25.4 Å². The first-order valence-corrected chi connectivity index (χ1v) is 9.32. The molecule has 0 bridgehead atoms. The number of ether oxygens (including phenoxy) is 2. The molecule has 1 N–H and O–H groups in total. The predicted molar refractivity (Wildman–Crippen MR) is 107 cm³/mol. The summed E-state index contributed by atoms with van der Waals surface area (Å²) in [4.78, 5) is 12.3. The van der Waals surface area contributed by atoms with E-state index in [4.69, 9.17) is 9.47 Å². The monoisotopic (exact) mass is 377 g/mol. The Morgan fingerprint density at radius 3 is 2.89 bits per heavy atom. The van der Waals surface area contributed by atoms with Gasteiger partial charge in [-0.3, -0.25) is 4.79 Å². The molecule has 1 aromatic heterocycles. The lowest BCUT2D eigenvalue weighted by Gasteiger charge is -2.25. The lowest BCUT2D eigenvalue weighted by molar-refractivity contribution is -0.116. The number of hydrogen-bond acceptors (Lipinski definition) is 4. The Kier molecular flexibility index (Phi) is 5.12. The van der Waals surface area contributed by atoms with Crippen LogP contribution in [0.1, 0.15) is 29.0 Å². The molecule has 3 aromatic rings. The summed E-state index contributed by atoms with van der Waals surface area (Å²) in [7, 11) is 1.64. The number of anilines is 1. The van der Waals surface area contributed by atoms with Gasteiger partial charge in [-0.15, -0.1) is 0 Å². The van der Waals surface area contributed by atoms with Crippen molar-refractivity contribution in [2.24, 2.45) is 0 Å². The second-order valence-corrected chi connectivity index (χ2v) is 6.90. The van der Waals surface area contributed by atoms with Crippen LogP contribution in [0.5, 0.6) is 5.75 Å². The molecule has 0 fully saturated rings. The van der Waals surface area contributed by atoms with Gasteiger partial charge in [-0.1, -0.05) is 24.3 Å². The summed E-state index contributed by atoms with van der Waals surface area (Å²) in [5.74, 6) is 0.678. The van der Waals surface area contributed by atoms with Gasteiger partial charge in [0.1, 0.15) is 12.4 Å². The number of benzene rings is 2. The fourth-order valence-corrected chi connectivity index (χ4v) is 3.54. The van der Waals surface area contributed by atoms with Crippen molar-refractivity contribution in [3.8, 4) is 11.4 Å². The summed E-state index contributed by atoms with van der Waals surface area (Å²) in [6.07, 6.45) is 4.26. The Morgan fingerprint density at radius 2 is 2.07 bits per heavy atom.